The van der Waals surface area contributed by atoms with E-state index in [4.69, 9.17) is 9.97 Å². The first kappa shape index (κ1) is 40.1. The Balaban J connectivity index is 0.000000305. The van der Waals surface area contributed by atoms with Gasteiger partial charge in [-0.2, -0.15) is 0 Å². The van der Waals surface area contributed by atoms with E-state index < -0.39 is 0 Å². The van der Waals surface area contributed by atoms with Crippen LogP contribution in [0.1, 0.15) is 0 Å². The minimum Gasteiger partial charge on any atom is -0.305 e. The predicted octanol–water partition coefficient (Wildman–Crippen LogP) is 16.8. The van der Waals surface area contributed by atoms with E-state index in [2.05, 4.69) is 163 Å². The van der Waals surface area contributed by atoms with Gasteiger partial charge < -0.3 is 4.98 Å². The van der Waals surface area contributed by atoms with E-state index in [1.807, 2.05) is 65.1 Å². The molecule has 8 aromatic carbocycles. The number of benzene rings is 8. The SMILES string of the molecule is [Ir].[c-]1ccccc1-c1ccccn1.c1cc(-c2ccc3sc4c(-c5cccc(-c6cccc7c6sc6ccccc67)c5)ncnc4c3c2)cc(-c2cccc3c2sc2ccccc23)c1. The average molecular weight is 1050 g/mol. The van der Waals surface area contributed by atoms with Gasteiger partial charge in [0.25, 0.3) is 0 Å². The summed E-state index contributed by atoms with van der Waals surface area (Å²) in [6, 6.07) is 72.2. The maximum Gasteiger partial charge on any atom is 0.116 e. The minimum absolute atomic E-state index is 0. The normalized spacial score (nSPS) is 11.3. The zero-order valence-electron chi connectivity index (χ0n) is 34.0. The fourth-order valence-corrected chi connectivity index (χ4v) is 12.3. The molecular weight excluding hydrogens is 1020 g/mol. The van der Waals surface area contributed by atoms with Crippen LogP contribution in [0.5, 0.6) is 0 Å². The predicted molar refractivity (Wildman–Crippen MR) is 271 cm³/mol. The van der Waals surface area contributed by atoms with Gasteiger partial charge in [-0.05, 0) is 81.5 Å². The molecule has 13 rings (SSSR count). The number of rotatable bonds is 5. The second-order valence-corrected chi connectivity index (χ2v) is 18.6. The summed E-state index contributed by atoms with van der Waals surface area (Å²) in [5.74, 6) is 0. The van der Waals surface area contributed by atoms with Crippen molar-refractivity contribution in [3.63, 3.8) is 0 Å². The zero-order chi connectivity index (χ0) is 41.7. The van der Waals surface area contributed by atoms with Crippen LogP contribution in [0.15, 0.2) is 207 Å². The summed E-state index contributed by atoms with van der Waals surface area (Å²) in [6.07, 6.45) is 3.51. The third-order valence-corrected chi connectivity index (χ3v) is 15.3. The maximum absolute atomic E-state index is 4.87. The molecule has 5 heterocycles. The fourth-order valence-electron chi connectivity index (χ4n) is 8.69. The van der Waals surface area contributed by atoms with Crippen molar-refractivity contribution < 1.29 is 20.1 Å². The van der Waals surface area contributed by atoms with Gasteiger partial charge in [0.15, 0.2) is 0 Å². The van der Waals surface area contributed by atoms with Crippen molar-refractivity contribution in [2.45, 2.75) is 0 Å². The molecule has 1 radical (unpaired) electrons. The Kier molecular flexibility index (Phi) is 10.7. The molecule has 0 fully saturated rings. The third-order valence-electron chi connectivity index (χ3n) is 11.7. The van der Waals surface area contributed by atoms with Crippen molar-refractivity contribution in [3.8, 4) is 55.9 Å². The molecule has 0 atom stereocenters. The summed E-state index contributed by atoms with van der Waals surface area (Å²) in [6.45, 7) is 0. The number of aromatic nitrogens is 3. The Morgan fingerprint density at radius 2 is 0.938 bits per heavy atom. The molecular formula is C57H34IrN3S3-. The Morgan fingerprint density at radius 1 is 0.375 bits per heavy atom. The first-order valence-electron chi connectivity index (χ1n) is 20.8. The fraction of sp³-hybridized carbons (Fsp3) is 0. The molecule has 64 heavy (non-hydrogen) atoms. The smallest absolute Gasteiger partial charge is 0.116 e. The third kappa shape index (κ3) is 7.22. The van der Waals surface area contributed by atoms with E-state index >= 15 is 0 Å². The van der Waals surface area contributed by atoms with Gasteiger partial charge in [-0.25, -0.2) is 9.97 Å². The molecule has 0 unspecified atom stereocenters. The van der Waals surface area contributed by atoms with E-state index in [-0.39, 0.29) is 20.1 Å². The van der Waals surface area contributed by atoms with Crippen molar-refractivity contribution in [2.75, 3.05) is 0 Å². The van der Waals surface area contributed by atoms with Gasteiger partial charge in [0.05, 0.1) is 15.9 Å². The van der Waals surface area contributed by atoms with Crippen LogP contribution in [0, 0.1) is 6.07 Å². The van der Waals surface area contributed by atoms with Crippen LogP contribution in [-0.4, -0.2) is 15.0 Å². The first-order valence-corrected chi connectivity index (χ1v) is 23.3. The summed E-state index contributed by atoms with van der Waals surface area (Å²) in [7, 11) is 0. The summed E-state index contributed by atoms with van der Waals surface area (Å²) in [5, 5.41) is 6.44. The molecule has 5 aromatic heterocycles. The summed E-state index contributed by atoms with van der Waals surface area (Å²) < 4.78 is 7.64. The first-order chi connectivity index (χ1) is 31.2. The second kappa shape index (κ2) is 17.1. The van der Waals surface area contributed by atoms with Crippen LogP contribution in [0.4, 0.5) is 0 Å². The van der Waals surface area contributed by atoms with Crippen molar-refractivity contribution in [2.24, 2.45) is 0 Å². The van der Waals surface area contributed by atoms with Crippen molar-refractivity contribution in [1.29, 1.82) is 0 Å². The summed E-state index contributed by atoms with van der Waals surface area (Å²) in [5.41, 5.74) is 12.5. The molecule has 0 spiro atoms. The van der Waals surface area contributed by atoms with Crippen molar-refractivity contribution >= 4 is 94.7 Å². The number of hydrogen-bond donors (Lipinski definition) is 0. The van der Waals surface area contributed by atoms with E-state index in [9.17, 15) is 0 Å². The van der Waals surface area contributed by atoms with Gasteiger partial charge in [0.1, 0.15) is 6.33 Å². The van der Waals surface area contributed by atoms with E-state index in [0.717, 1.165) is 32.7 Å². The number of hydrogen-bond acceptors (Lipinski definition) is 6. The Bertz CT molecular complexity index is 3780. The monoisotopic (exact) mass is 1050 g/mol. The molecule has 305 valence electrons. The van der Waals surface area contributed by atoms with E-state index in [1.54, 1.807) is 23.9 Å². The van der Waals surface area contributed by atoms with Crippen LogP contribution in [0.25, 0.3) is 117 Å². The van der Waals surface area contributed by atoms with Gasteiger partial charge >= 0.3 is 0 Å². The van der Waals surface area contributed by atoms with Gasteiger partial charge in [-0.15, -0.1) is 69.9 Å². The second-order valence-electron chi connectivity index (χ2n) is 15.4. The number of pyridine rings is 1. The van der Waals surface area contributed by atoms with Gasteiger partial charge in [0, 0.05) is 82.3 Å². The molecule has 0 aliphatic rings. The number of thiophene rings is 3. The Hall–Kier alpha value is -6.70. The largest absolute Gasteiger partial charge is 0.305 e. The van der Waals surface area contributed by atoms with Crippen molar-refractivity contribution in [1.82, 2.24) is 15.0 Å². The zero-order valence-corrected chi connectivity index (χ0v) is 38.9. The van der Waals surface area contributed by atoms with Gasteiger partial charge in [-0.1, -0.05) is 127 Å². The van der Waals surface area contributed by atoms with Crippen molar-refractivity contribution in [3.05, 3.63) is 213 Å². The molecule has 0 amide bonds. The Morgan fingerprint density at radius 3 is 1.61 bits per heavy atom. The molecule has 0 saturated heterocycles. The maximum atomic E-state index is 4.87. The topological polar surface area (TPSA) is 38.7 Å². The molecule has 0 bridgehead atoms. The quantitative estimate of drug-likeness (QED) is 0.161. The minimum atomic E-state index is 0. The Labute approximate surface area is 395 Å². The van der Waals surface area contributed by atoms with E-state index in [1.165, 1.54) is 83.8 Å². The molecule has 13 aromatic rings. The van der Waals surface area contributed by atoms with E-state index in [0.29, 0.717) is 0 Å². The summed E-state index contributed by atoms with van der Waals surface area (Å²) in [4.78, 5) is 13.9. The number of nitrogens with zero attached hydrogens (tertiary/aromatic N) is 3. The van der Waals surface area contributed by atoms with Gasteiger partial charge in [-0.3, -0.25) is 0 Å². The molecule has 0 N–H and O–H groups in total. The average Bonchev–Trinajstić information content (AvgIpc) is 4.06. The van der Waals surface area contributed by atoms with Crippen LogP contribution >= 0.6 is 34.0 Å². The van der Waals surface area contributed by atoms with Crippen LogP contribution in [-0.2, 0) is 20.1 Å². The molecule has 7 heteroatoms. The molecule has 0 aliphatic heterocycles. The molecule has 3 nitrogen and oxygen atoms in total. The van der Waals surface area contributed by atoms with Crippen LogP contribution in [0.2, 0.25) is 0 Å². The number of fused-ring (bicyclic) bond motifs is 9. The summed E-state index contributed by atoms with van der Waals surface area (Å²) >= 11 is 5.52. The molecule has 0 aliphatic carbocycles. The standard InChI is InChI=1S/C46H26N2S3.C11H8N.Ir/c1-3-19-39-34(13-1)36-17-7-15-32(44(36)49-39)29-10-5-9-27(23-29)28-21-22-41-38(25-28)43-46(51-41)42(47-26-48-43)31-12-6-11-30(24-31)33-16-8-18-37-35-14-2-4-20-40(35)50-45(33)37;1-2-6-10(7-3-1)11-8-4-5-9-12-11;/h1-26H;1-6,8-9H;/q;-1;. The molecule has 0 saturated carbocycles. The van der Waals surface area contributed by atoms with Crippen LogP contribution in [0.3, 0.4) is 0 Å². The van der Waals surface area contributed by atoms with Gasteiger partial charge in [0.2, 0.25) is 0 Å². The van der Waals surface area contributed by atoms with Crippen LogP contribution < -0.4 is 0 Å².